The molecule has 0 bridgehead atoms. The average Bonchev–Trinajstić information content (AvgIpc) is 2.66. The number of hydrogen-bond donors (Lipinski definition) is 2. The number of carbonyl (C=O) groups excluding carboxylic acids is 1. The summed E-state index contributed by atoms with van der Waals surface area (Å²) in [6, 6.07) is 10.7. The summed E-state index contributed by atoms with van der Waals surface area (Å²) in [7, 11) is 0. The fraction of sp³-hybridized carbons (Fsp3) is 0.650. The van der Waals surface area contributed by atoms with Crippen LogP contribution in [0.5, 0.6) is 0 Å². The first kappa shape index (κ1) is 18.2. The van der Waals surface area contributed by atoms with Gasteiger partial charge in [-0.05, 0) is 50.1 Å². The number of benzene rings is 1. The van der Waals surface area contributed by atoms with Gasteiger partial charge in [0.25, 0.3) is 0 Å². The minimum absolute atomic E-state index is 0.194. The van der Waals surface area contributed by atoms with Gasteiger partial charge in [0.05, 0.1) is 0 Å². The number of ether oxygens (including phenoxy) is 1. The smallest absolute Gasteiger partial charge is 0.410 e. The lowest BCUT2D eigenvalue weighted by Gasteiger charge is -2.34. The molecule has 2 aliphatic rings. The molecular weight excluding hydrogens is 314 g/mol. The Balaban J connectivity index is 1.33. The first-order valence-corrected chi connectivity index (χ1v) is 9.65. The maximum atomic E-state index is 12.2. The Bertz CT molecular complexity index is 529. The molecule has 0 aromatic heterocycles. The summed E-state index contributed by atoms with van der Waals surface area (Å²) in [6.45, 7) is 2.96. The number of carbonyl (C=O) groups is 1. The van der Waals surface area contributed by atoms with E-state index in [1.165, 1.54) is 19.3 Å². The fourth-order valence-corrected chi connectivity index (χ4v) is 3.93. The van der Waals surface area contributed by atoms with E-state index >= 15 is 0 Å². The van der Waals surface area contributed by atoms with Crippen LogP contribution in [-0.4, -0.2) is 42.7 Å². The monoisotopic (exact) mass is 345 g/mol. The molecule has 1 heterocycles. The number of hydrogen-bond acceptors (Lipinski definition) is 4. The molecule has 0 unspecified atom stereocenters. The van der Waals surface area contributed by atoms with Crippen LogP contribution in [0.25, 0.3) is 0 Å². The van der Waals surface area contributed by atoms with Crippen molar-refractivity contribution in [3.05, 3.63) is 35.9 Å². The first-order valence-electron chi connectivity index (χ1n) is 9.65. The van der Waals surface area contributed by atoms with Crippen LogP contribution in [0, 0.1) is 5.92 Å². The van der Waals surface area contributed by atoms with Gasteiger partial charge >= 0.3 is 6.09 Å². The molecule has 0 spiro atoms. The minimum atomic E-state index is -0.194. The Morgan fingerprint density at radius 1 is 1.16 bits per heavy atom. The van der Waals surface area contributed by atoms with Gasteiger partial charge in [-0.15, -0.1) is 0 Å². The fourth-order valence-electron chi connectivity index (χ4n) is 3.93. The van der Waals surface area contributed by atoms with E-state index in [4.69, 9.17) is 10.5 Å². The van der Waals surface area contributed by atoms with Crippen LogP contribution in [0.15, 0.2) is 30.3 Å². The van der Waals surface area contributed by atoms with Crippen molar-refractivity contribution in [2.45, 2.75) is 57.2 Å². The second-order valence-electron chi connectivity index (χ2n) is 7.50. The van der Waals surface area contributed by atoms with E-state index in [0.717, 1.165) is 50.4 Å². The van der Waals surface area contributed by atoms with Crippen LogP contribution >= 0.6 is 0 Å². The molecule has 1 amide bonds. The summed E-state index contributed by atoms with van der Waals surface area (Å²) >= 11 is 0. The van der Waals surface area contributed by atoms with Gasteiger partial charge in [0, 0.05) is 25.2 Å². The van der Waals surface area contributed by atoms with Gasteiger partial charge in [-0.25, -0.2) is 4.79 Å². The Morgan fingerprint density at radius 3 is 2.64 bits per heavy atom. The number of nitrogens with one attached hydrogen (secondary N) is 1. The van der Waals surface area contributed by atoms with E-state index in [2.05, 4.69) is 5.32 Å². The molecule has 3 N–H and O–H groups in total. The number of likely N-dealkylation sites (tertiary alicyclic amines) is 1. The number of rotatable bonds is 5. The van der Waals surface area contributed by atoms with Crippen LogP contribution in [-0.2, 0) is 11.3 Å². The minimum Gasteiger partial charge on any atom is -0.445 e. The molecular formula is C20H31N3O2. The van der Waals surface area contributed by atoms with Crippen LogP contribution in [0.3, 0.4) is 0 Å². The van der Waals surface area contributed by atoms with Gasteiger partial charge in [-0.3, -0.25) is 0 Å². The molecule has 5 nitrogen and oxygen atoms in total. The highest BCUT2D eigenvalue weighted by atomic mass is 16.6. The van der Waals surface area contributed by atoms with E-state index in [-0.39, 0.29) is 6.09 Å². The van der Waals surface area contributed by atoms with Gasteiger partial charge in [0.2, 0.25) is 0 Å². The van der Waals surface area contributed by atoms with Crippen LogP contribution in [0.4, 0.5) is 4.79 Å². The molecule has 1 saturated carbocycles. The molecule has 2 atom stereocenters. The van der Waals surface area contributed by atoms with Crippen molar-refractivity contribution in [2.24, 2.45) is 11.7 Å². The number of amides is 1. The van der Waals surface area contributed by atoms with Gasteiger partial charge < -0.3 is 20.7 Å². The molecule has 1 aliphatic carbocycles. The highest BCUT2D eigenvalue weighted by Crippen LogP contribution is 2.23. The molecule has 1 aromatic carbocycles. The predicted molar refractivity (Wildman–Crippen MR) is 99.2 cm³/mol. The van der Waals surface area contributed by atoms with Crippen molar-refractivity contribution in [3.63, 3.8) is 0 Å². The van der Waals surface area contributed by atoms with Crippen molar-refractivity contribution < 1.29 is 9.53 Å². The summed E-state index contributed by atoms with van der Waals surface area (Å²) in [5, 5.41) is 3.69. The van der Waals surface area contributed by atoms with Crippen molar-refractivity contribution in [3.8, 4) is 0 Å². The SMILES string of the molecule is N[C@@H]1CCC[C@H](CNC2CCN(C(=O)OCc3ccccc3)CC2)C1. The third-order valence-corrected chi connectivity index (χ3v) is 5.48. The van der Waals surface area contributed by atoms with Crippen LogP contribution in [0.2, 0.25) is 0 Å². The predicted octanol–water partition coefficient (Wildman–Crippen LogP) is 2.89. The lowest BCUT2D eigenvalue weighted by Crippen LogP contribution is -2.46. The van der Waals surface area contributed by atoms with Crippen molar-refractivity contribution in [2.75, 3.05) is 19.6 Å². The van der Waals surface area contributed by atoms with Crippen molar-refractivity contribution >= 4 is 6.09 Å². The highest BCUT2D eigenvalue weighted by molar-refractivity contribution is 5.67. The van der Waals surface area contributed by atoms with Gasteiger partial charge in [-0.1, -0.05) is 36.8 Å². The zero-order valence-electron chi connectivity index (χ0n) is 15.0. The summed E-state index contributed by atoms with van der Waals surface area (Å²) in [5.74, 6) is 0.720. The highest BCUT2D eigenvalue weighted by Gasteiger charge is 2.25. The zero-order chi connectivity index (χ0) is 17.5. The van der Waals surface area contributed by atoms with E-state index in [0.29, 0.717) is 18.7 Å². The molecule has 0 radical (unpaired) electrons. The number of nitrogens with two attached hydrogens (primary N) is 1. The number of nitrogens with zero attached hydrogens (tertiary/aromatic N) is 1. The van der Waals surface area contributed by atoms with Gasteiger partial charge in [0.1, 0.15) is 6.61 Å². The Labute approximate surface area is 150 Å². The van der Waals surface area contributed by atoms with Gasteiger partial charge in [-0.2, -0.15) is 0 Å². The standard InChI is InChI=1S/C20H31N3O2/c21-18-8-4-7-17(13-18)14-22-19-9-11-23(12-10-19)20(24)25-15-16-5-2-1-3-6-16/h1-3,5-6,17-19,22H,4,7-15,21H2/t17-,18+/m0/s1. The second-order valence-corrected chi connectivity index (χ2v) is 7.50. The number of piperidine rings is 1. The van der Waals surface area contributed by atoms with E-state index in [1.807, 2.05) is 35.2 Å². The lowest BCUT2D eigenvalue weighted by atomic mass is 9.86. The topological polar surface area (TPSA) is 67.6 Å². The molecule has 1 aromatic rings. The van der Waals surface area contributed by atoms with E-state index in [1.54, 1.807) is 0 Å². The zero-order valence-corrected chi connectivity index (χ0v) is 15.0. The van der Waals surface area contributed by atoms with Crippen molar-refractivity contribution in [1.82, 2.24) is 10.2 Å². The maximum absolute atomic E-state index is 12.2. The lowest BCUT2D eigenvalue weighted by molar-refractivity contribution is 0.0848. The van der Waals surface area contributed by atoms with Gasteiger partial charge in [0.15, 0.2) is 0 Å². The third-order valence-electron chi connectivity index (χ3n) is 5.48. The summed E-state index contributed by atoms with van der Waals surface area (Å²) in [4.78, 5) is 14.0. The first-order chi connectivity index (χ1) is 12.2. The van der Waals surface area contributed by atoms with Crippen LogP contribution in [0.1, 0.15) is 44.1 Å². The normalized spacial score (nSPS) is 24.9. The van der Waals surface area contributed by atoms with Crippen molar-refractivity contribution in [1.29, 1.82) is 0 Å². The molecule has 2 fully saturated rings. The summed E-state index contributed by atoms with van der Waals surface area (Å²) in [5.41, 5.74) is 7.10. The molecule has 5 heteroatoms. The third kappa shape index (κ3) is 5.72. The Hall–Kier alpha value is -1.59. The summed E-state index contributed by atoms with van der Waals surface area (Å²) < 4.78 is 5.42. The Morgan fingerprint density at radius 2 is 1.92 bits per heavy atom. The Kier molecular flexibility index (Phi) is 6.70. The molecule has 25 heavy (non-hydrogen) atoms. The second kappa shape index (κ2) is 9.20. The quantitative estimate of drug-likeness (QED) is 0.861. The van der Waals surface area contributed by atoms with E-state index < -0.39 is 0 Å². The van der Waals surface area contributed by atoms with Crippen LogP contribution < -0.4 is 11.1 Å². The maximum Gasteiger partial charge on any atom is 0.410 e. The molecule has 1 aliphatic heterocycles. The summed E-state index contributed by atoms with van der Waals surface area (Å²) in [6.07, 6.45) is 6.70. The molecule has 1 saturated heterocycles. The molecule has 138 valence electrons. The average molecular weight is 345 g/mol. The van der Waals surface area contributed by atoms with E-state index in [9.17, 15) is 4.79 Å². The molecule has 3 rings (SSSR count). The largest absolute Gasteiger partial charge is 0.445 e.